The predicted octanol–water partition coefficient (Wildman–Crippen LogP) is 1.09. The Kier molecular flexibility index (Phi) is 0.609. The number of rotatable bonds is 0. The van der Waals surface area contributed by atoms with Crippen molar-refractivity contribution < 1.29 is 0 Å². The van der Waals surface area contributed by atoms with E-state index in [4.69, 9.17) is 5.73 Å². The molecule has 0 aromatic carbocycles. The van der Waals surface area contributed by atoms with E-state index in [-0.39, 0.29) is 0 Å². The van der Waals surface area contributed by atoms with Crippen molar-refractivity contribution in [3.63, 3.8) is 0 Å². The van der Waals surface area contributed by atoms with Gasteiger partial charge in [0.15, 0.2) is 0 Å². The summed E-state index contributed by atoms with van der Waals surface area (Å²) in [6.45, 7) is 0. The van der Waals surface area contributed by atoms with Crippen molar-refractivity contribution >= 4 is 0 Å². The van der Waals surface area contributed by atoms with E-state index < -0.39 is 0 Å². The first-order valence-corrected chi connectivity index (χ1v) is 5.63. The molecule has 5 fully saturated rings. The van der Waals surface area contributed by atoms with Crippen LogP contribution in [-0.4, -0.2) is 6.04 Å². The zero-order chi connectivity index (χ0) is 7.61. The van der Waals surface area contributed by atoms with Gasteiger partial charge in [0.25, 0.3) is 0 Å². The molecule has 0 aliphatic heterocycles. The van der Waals surface area contributed by atoms with Crippen LogP contribution in [0.5, 0.6) is 0 Å². The average molecular weight is 161 g/mol. The van der Waals surface area contributed by atoms with E-state index in [0.717, 1.165) is 35.5 Å². The molecule has 0 saturated heterocycles. The van der Waals surface area contributed by atoms with Gasteiger partial charge in [-0.3, -0.25) is 0 Å². The van der Waals surface area contributed by atoms with E-state index >= 15 is 0 Å². The number of fused-ring (bicyclic) bond motifs is 2. The molecule has 0 radical (unpaired) electrons. The summed E-state index contributed by atoms with van der Waals surface area (Å²) in [5.41, 5.74) is 6.34. The number of nitrogens with two attached hydrogens (primary N) is 1. The second-order valence-electron chi connectivity index (χ2n) is 6.01. The predicted molar refractivity (Wildman–Crippen MR) is 45.1 cm³/mol. The van der Waals surface area contributed by atoms with Crippen LogP contribution < -0.4 is 5.73 Å². The third kappa shape index (κ3) is 0.296. The van der Waals surface area contributed by atoms with E-state index in [1.165, 1.54) is 11.8 Å². The van der Waals surface area contributed by atoms with Gasteiger partial charge in [0.2, 0.25) is 0 Å². The van der Waals surface area contributed by atoms with Crippen molar-refractivity contribution in [2.75, 3.05) is 0 Å². The Balaban J connectivity index is 1.86. The summed E-state index contributed by atoms with van der Waals surface area (Å²) in [7, 11) is 0. The highest BCUT2D eigenvalue weighted by Gasteiger charge is 2.79. The molecule has 1 nitrogen and oxygen atoms in total. The average Bonchev–Trinajstić information content (AvgIpc) is 2.47. The van der Waals surface area contributed by atoms with Crippen LogP contribution >= 0.6 is 0 Å². The molecule has 0 spiro atoms. The molecule has 5 aliphatic rings. The fourth-order valence-electron chi connectivity index (χ4n) is 6.55. The zero-order valence-corrected chi connectivity index (χ0v) is 7.19. The Morgan fingerprint density at radius 3 is 2.17 bits per heavy atom. The molecular weight excluding hydrogens is 146 g/mol. The minimum atomic E-state index is 0.646. The number of hydrogen-bond donors (Lipinski definition) is 1. The third-order valence-corrected chi connectivity index (χ3v) is 6.38. The van der Waals surface area contributed by atoms with Crippen LogP contribution in [0.3, 0.4) is 0 Å². The van der Waals surface area contributed by atoms with Gasteiger partial charge >= 0.3 is 0 Å². The molecule has 1 heteroatoms. The molecule has 2 N–H and O–H groups in total. The van der Waals surface area contributed by atoms with Crippen LogP contribution in [0.4, 0.5) is 0 Å². The van der Waals surface area contributed by atoms with E-state index in [1.807, 2.05) is 0 Å². The van der Waals surface area contributed by atoms with E-state index in [2.05, 4.69) is 0 Å². The quantitative estimate of drug-likeness (QED) is 0.565. The highest BCUT2D eigenvalue weighted by Crippen LogP contribution is 2.82. The molecular formula is C11H15N. The summed E-state index contributed by atoms with van der Waals surface area (Å²) in [5, 5.41) is 0. The Labute approximate surface area is 72.7 Å². The Morgan fingerprint density at radius 1 is 0.667 bits per heavy atom. The summed E-state index contributed by atoms with van der Waals surface area (Å²) < 4.78 is 0. The van der Waals surface area contributed by atoms with Gasteiger partial charge in [0, 0.05) is 6.04 Å². The molecule has 64 valence electrons. The smallest absolute Gasteiger partial charge is 0.0107 e. The van der Waals surface area contributed by atoms with Gasteiger partial charge in [-0.15, -0.1) is 0 Å². The van der Waals surface area contributed by atoms with E-state index in [1.54, 1.807) is 12.8 Å². The lowest BCUT2D eigenvalue weighted by molar-refractivity contribution is 0.0167. The van der Waals surface area contributed by atoms with Crippen molar-refractivity contribution in [1.82, 2.24) is 0 Å². The zero-order valence-electron chi connectivity index (χ0n) is 7.19. The summed E-state index contributed by atoms with van der Waals surface area (Å²) in [5.74, 6) is 8.84. The standard InChI is InChI=1S/C11H15N/c12-11-8-4-2-5-7-3(4)1-6(8)9(7)10(5)11/h3-11H,1-2,12H2/t3-,4+,5+,6-,7+,8+,9-,10-,11-/m0/s1. The Morgan fingerprint density at radius 2 is 1.33 bits per heavy atom. The van der Waals surface area contributed by atoms with Crippen LogP contribution in [0.2, 0.25) is 0 Å². The molecule has 5 saturated carbocycles. The summed E-state index contributed by atoms with van der Waals surface area (Å²) in [6, 6.07) is 0.646. The van der Waals surface area contributed by atoms with Crippen molar-refractivity contribution in [2.45, 2.75) is 18.9 Å². The molecule has 5 aliphatic carbocycles. The molecule has 0 unspecified atom stereocenters. The maximum absolute atomic E-state index is 6.34. The molecule has 0 aromatic heterocycles. The Hall–Kier alpha value is -0.0400. The lowest BCUT2D eigenvalue weighted by Gasteiger charge is -2.47. The molecule has 0 heterocycles. The fraction of sp³-hybridized carbons (Fsp3) is 1.00. The van der Waals surface area contributed by atoms with Gasteiger partial charge in [-0.2, -0.15) is 0 Å². The first-order valence-electron chi connectivity index (χ1n) is 5.63. The van der Waals surface area contributed by atoms with Crippen molar-refractivity contribution in [1.29, 1.82) is 0 Å². The van der Waals surface area contributed by atoms with Gasteiger partial charge in [0.05, 0.1) is 0 Å². The second-order valence-corrected chi connectivity index (χ2v) is 6.01. The van der Waals surface area contributed by atoms with Crippen LogP contribution in [0.1, 0.15) is 12.8 Å². The van der Waals surface area contributed by atoms with Crippen LogP contribution in [-0.2, 0) is 0 Å². The van der Waals surface area contributed by atoms with Crippen molar-refractivity contribution in [2.24, 2.45) is 53.1 Å². The normalized spacial score (nSPS) is 85.2. The highest BCUT2D eigenvalue weighted by atomic mass is 14.9. The topological polar surface area (TPSA) is 26.0 Å². The summed E-state index contributed by atoms with van der Waals surface area (Å²) in [6.07, 6.45) is 3.18. The van der Waals surface area contributed by atoms with Crippen molar-refractivity contribution in [3.8, 4) is 0 Å². The third-order valence-electron chi connectivity index (χ3n) is 6.38. The molecule has 0 aromatic rings. The molecule has 2 bridgehead atoms. The molecule has 0 amide bonds. The molecule has 9 atom stereocenters. The summed E-state index contributed by atoms with van der Waals surface area (Å²) >= 11 is 0. The monoisotopic (exact) mass is 161 g/mol. The number of hydrogen-bond acceptors (Lipinski definition) is 1. The lowest BCUT2D eigenvalue weighted by Crippen LogP contribution is -2.49. The van der Waals surface area contributed by atoms with Gasteiger partial charge in [-0.1, -0.05) is 0 Å². The largest absolute Gasteiger partial charge is 0.327 e. The fourth-order valence-corrected chi connectivity index (χ4v) is 6.55. The minimum Gasteiger partial charge on any atom is -0.327 e. The van der Waals surface area contributed by atoms with Gasteiger partial charge in [-0.05, 0) is 60.2 Å². The van der Waals surface area contributed by atoms with Crippen LogP contribution in [0.25, 0.3) is 0 Å². The van der Waals surface area contributed by atoms with E-state index in [0.29, 0.717) is 6.04 Å². The summed E-state index contributed by atoms with van der Waals surface area (Å²) in [4.78, 5) is 0. The van der Waals surface area contributed by atoms with Crippen molar-refractivity contribution in [3.05, 3.63) is 0 Å². The molecule has 12 heavy (non-hydrogen) atoms. The minimum absolute atomic E-state index is 0.646. The second kappa shape index (κ2) is 1.30. The first-order chi connectivity index (χ1) is 5.88. The maximum Gasteiger partial charge on any atom is 0.0107 e. The SMILES string of the molecule is N[C@H]1[C@@H]2[C@@H]3C[C@@H]4[C@H]5[C@H]3C[C@@H]2[C@@H]5[C@@H]14. The molecule has 5 rings (SSSR count). The van der Waals surface area contributed by atoms with E-state index in [9.17, 15) is 0 Å². The maximum atomic E-state index is 6.34. The Bertz CT molecular complexity index is 277. The van der Waals surface area contributed by atoms with Crippen LogP contribution in [0, 0.1) is 47.3 Å². The lowest BCUT2D eigenvalue weighted by atomic mass is 9.59. The first kappa shape index (κ1) is 5.64. The van der Waals surface area contributed by atoms with Gasteiger partial charge in [0.1, 0.15) is 0 Å². The highest BCUT2D eigenvalue weighted by molar-refractivity contribution is 5.28. The van der Waals surface area contributed by atoms with Crippen LogP contribution in [0.15, 0.2) is 0 Å². The van der Waals surface area contributed by atoms with Gasteiger partial charge in [-0.25, -0.2) is 0 Å². The van der Waals surface area contributed by atoms with Gasteiger partial charge < -0.3 is 5.73 Å².